The van der Waals surface area contributed by atoms with Gasteiger partial charge in [-0.3, -0.25) is 4.98 Å². The van der Waals surface area contributed by atoms with Crippen molar-refractivity contribution < 1.29 is 0 Å². The molecule has 0 aliphatic carbocycles. The SMILES string of the molecule is CC(C)CC(N)c1nccc2ccccc12. The van der Waals surface area contributed by atoms with Crippen molar-refractivity contribution in [2.24, 2.45) is 11.7 Å². The molecule has 0 spiro atoms. The van der Waals surface area contributed by atoms with E-state index < -0.39 is 0 Å². The maximum Gasteiger partial charge on any atom is 0.0649 e. The summed E-state index contributed by atoms with van der Waals surface area (Å²) in [6.07, 6.45) is 2.82. The molecule has 2 heteroatoms. The monoisotopic (exact) mass is 214 g/mol. The molecule has 1 heterocycles. The van der Waals surface area contributed by atoms with E-state index in [-0.39, 0.29) is 6.04 Å². The number of aromatic nitrogens is 1. The summed E-state index contributed by atoms with van der Waals surface area (Å²) in [5, 5.41) is 2.39. The first-order valence-electron chi connectivity index (χ1n) is 5.77. The average Bonchev–Trinajstić information content (AvgIpc) is 2.27. The Kier molecular flexibility index (Phi) is 3.20. The number of rotatable bonds is 3. The molecule has 0 amide bonds. The highest BCUT2D eigenvalue weighted by atomic mass is 14.8. The van der Waals surface area contributed by atoms with Crippen molar-refractivity contribution in [2.75, 3.05) is 0 Å². The van der Waals surface area contributed by atoms with Gasteiger partial charge in [-0.25, -0.2) is 0 Å². The molecule has 0 aliphatic heterocycles. The largest absolute Gasteiger partial charge is 0.323 e. The van der Waals surface area contributed by atoms with E-state index in [0.29, 0.717) is 5.92 Å². The Bertz CT molecular complexity index is 472. The van der Waals surface area contributed by atoms with Gasteiger partial charge in [0.15, 0.2) is 0 Å². The number of nitrogens with zero attached hydrogens (tertiary/aromatic N) is 1. The van der Waals surface area contributed by atoms with Gasteiger partial charge < -0.3 is 5.73 Å². The van der Waals surface area contributed by atoms with E-state index in [2.05, 4.69) is 31.0 Å². The number of pyridine rings is 1. The van der Waals surface area contributed by atoms with E-state index in [9.17, 15) is 0 Å². The predicted molar refractivity (Wildman–Crippen MR) is 68.1 cm³/mol. The zero-order valence-electron chi connectivity index (χ0n) is 9.85. The van der Waals surface area contributed by atoms with Crippen LogP contribution in [0.2, 0.25) is 0 Å². The van der Waals surface area contributed by atoms with E-state index in [0.717, 1.165) is 12.1 Å². The van der Waals surface area contributed by atoms with Gasteiger partial charge in [0, 0.05) is 17.6 Å². The summed E-state index contributed by atoms with van der Waals surface area (Å²) in [6.45, 7) is 4.37. The van der Waals surface area contributed by atoms with Gasteiger partial charge >= 0.3 is 0 Å². The summed E-state index contributed by atoms with van der Waals surface area (Å²) >= 11 is 0. The average molecular weight is 214 g/mol. The standard InChI is InChI=1S/C14H18N2/c1-10(2)9-13(15)14-12-6-4-3-5-11(12)7-8-16-14/h3-8,10,13H,9,15H2,1-2H3. The Balaban J connectivity index is 2.44. The third kappa shape index (κ3) is 2.22. The van der Waals surface area contributed by atoms with Crippen LogP contribution < -0.4 is 5.73 Å². The van der Waals surface area contributed by atoms with Crippen molar-refractivity contribution in [2.45, 2.75) is 26.3 Å². The Hall–Kier alpha value is -1.41. The third-order valence-corrected chi connectivity index (χ3v) is 2.78. The third-order valence-electron chi connectivity index (χ3n) is 2.78. The van der Waals surface area contributed by atoms with Crippen LogP contribution in [0.3, 0.4) is 0 Å². The van der Waals surface area contributed by atoms with Crippen molar-refractivity contribution in [3.63, 3.8) is 0 Å². The molecule has 84 valence electrons. The normalized spacial score (nSPS) is 13.2. The van der Waals surface area contributed by atoms with Crippen LogP contribution in [-0.4, -0.2) is 4.98 Å². The second-order valence-corrected chi connectivity index (χ2v) is 4.65. The summed E-state index contributed by atoms with van der Waals surface area (Å²) in [5.41, 5.74) is 7.22. The first kappa shape index (κ1) is 11.1. The molecule has 2 nitrogen and oxygen atoms in total. The molecule has 0 saturated carbocycles. The van der Waals surface area contributed by atoms with Crippen LogP contribution in [0.15, 0.2) is 36.5 Å². The zero-order valence-corrected chi connectivity index (χ0v) is 9.85. The molecule has 2 N–H and O–H groups in total. The van der Waals surface area contributed by atoms with Crippen molar-refractivity contribution in [1.29, 1.82) is 0 Å². The maximum absolute atomic E-state index is 6.20. The maximum atomic E-state index is 6.20. The van der Waals surface area contributed by atoms with Gasteiger partial charge in [0.25, 0.3) is 0 Å². The molecule has 0 saturated heterocycles. The molecular weight excluding hydrogens is 196 g/mol. The predicted octanol–water partition coefficient (Wildman–Crippen LogP) is 3.28. The minimum absolute atomic E-state index is 0.0334. The summed E-state index contributed by atoms with van der Waals surface area (Å²) in [6, 6.07) is 10.3. The highest BCUT2D eigenvalue weighted by molar-refractivity contribution is 5.84. The molecule has 2 aromatic rings. The molecule has 1 unspecified atom stereocenters. The van der Waals surface area contributed by atoms with Crippen molar-refractivity contribution >= 4 is 10.8 Å². The van der Waals surface area contributed by atoms with Gasteiger partial charge in [0.1, 0.15) is 0 Å². The van der Waals surface area contributed by atoms with E-state index in [4.69, 9.17) is 5.73 Å². The topological polar surface area (TPSA) is 38.9 Å². The number of fused-ring (bicyclic) bond motifs is 1. The van der Waals surface area contributed by atoms with E-state index >= 15 is 0 Å². The smallest absolute Gasteiger partial charge is 0.0649 e. The van der Waals surface area contributed by atoms with Crippen molar-refractivity contribution in [3.05, 3.63) is 42.2 Å². The molecule has 1 aromatic carbocycles. The van der Waals surface area contributed by atoms with Gasteiger partial charge in [-0.1, -0.05) is 38.1 Å². The minimum Gasteiger partial charge on any atom is -0.323 e. The molecule has 1 atom stereocenters. The molecule has 2 rings (SSSR count). The van der Waals surface area contributed by atoms with Gasteiger partial charge in [-0.2, -0.15) is 0 Å². The number of benzene rings is 1. The number of hydrogen-bond acceptors (Lipinski definition) is 2. The lowest BCUT2D eigenvalue weighted by Crippen LogP contribution is -2.14. The van der Waals surface area contributed by atoms with Crippen LogP contribution in [-0.2, 0) is 0 Å². The Morgan fingerprint density at radius 2 is 1.94 bits per heavy atom. The van der Waals surface area contributed by atoms with E-state index in [1.54, 1.807) is 0 Å². The van der Waals surface area contributed by atoms with Crippen molar-refractivity contribution in [1.82, 2.24) is 4.98 Å². The van der Waals surface area contributed by atoms with E-state index in [1.807, 2.05) is 24.4 Å². The second-order valence-electron chi connectivity index (χ2n) is 4.65. The van der Waals surface area contributed by atoms with E-state index in [1.165, 1.54) is 10.8 Å². The van der Waals surface area contributed by atoms with Gasteiger partial charge in [-0.05, 0) is 23.8 Å². The molecular formula is C14H18N2. The van der Waals surface area contributed by atoms with Gasteiger partial charge in [0.05, 0.1) is 5.69 Å². The lowest BCUT2D eigenvalue weighted by Gasteiger charge is -2.15. The zero-order chi connectivity index (χ0) is 11.5. The Morgan fingerprint density at radius 3 is 2.69 bits per heavy atom. The lowest BCUT2D eigenvalue weighted by atomic mass is 9.98. The van der Waals surface area contributed by atoms with Crippen LogP contribution in [0, 0.1) is 5.92 Å². The minimum atomic E-state index is 0.0334. The fraction of sp³-hybridized carbons (Fsp3) is 0.357. The highest BCUT2D eigenvalue weighted by Crippen LogP contribution is 2.24. The Morgan fingerprint density at radius 1 is 1.19 bits per heavy atom. The number of nitrogens with two attached hydrogens (primary N) is 1. The highest BCUT2D eigenvalue weighted by Gasteiger charge is 2.12. The molecule has 16 heavy (non-hydrogen) atoms. The summed E-state index contributed by atoms with van der Waals surface area (Å²) in [4.78, 5) is 4.43. The van der Waals surface area contributed by atoms with Crippen LogP contribution in [0.1, 0.15) is 32.0 Å². The van der Waals surface area contributed by atoms with Crippen molar-refractivity contribution in [3.8, 4) is 0 Å². The molecule has 0 bridgehead atoms. The van der Waals surface area contributed by atoms with Crippen LogP contribution >= 0.6 is 0 Å². The fourth-order valence-corrected chi connectivity index (χ4v) is 2.06. The van der Waals surface area contributed by atoms with Crippen LogP contribution in [0.4, 0.5) is 0 Å². The first-order chi connectivity index (χ1) is 7.68. The molecule has 0 aliphatic rings. The summed E-state index contributed by atoms with van der Waals surface area (Å²) < 4.78 is 0. The van der Waals surface area contributed by atoms with Crippen LogP contribution in [0.5, 0.6) is 0 Å². The lowest BCUT2D eigenvalue weighted by molar-refractivity contribution is 0.505. The van der Waals surface area contributed by atoms with Gasteiger partial charge in [0.2, 0.25) is 0 Å². The van der Waals surface area contributed by atoms with Crippen LogP contribution in [0.25, 0.3) is 10.8 Å². The summed E-state index contributed by atoms with van der Waals surface area (Å²) in [5.74, 6) is 0.593. The van der Waals surface area contributed by atoms with Gasteiger partial charge in [-0.15, -0.1) is 0 Å². The molecule has 0 radical (unpaired) electrons. The number of hydrogen-bond donors (Lipinski definition) is 1. The Labute approximate surface area is 96.5 Å². The fourth-order valence-electron chi connectivity index (χ4n) is 2.06. The molecule has 1 aromatic heterocycles. The summed E-state index contributed by atoms with van der Waals surface area (Å²) in [7, 11) is 0. The molecule has 0 fully saturated rings. The second kappa shape index (κ2) is 4.62. The quantitative estimate of drug-likeness (QED) is 0.851. The first-order valence-corrected chi connectivity index (χ1v) is 5.77.